The molecule has 1 atom stereocenters. The average molecular weight is 410 g/mol. The van der Waals surface area contributed by atoms with E-state index in [-0.39, 0.29) is 6.10 Å². The highest BCUT2D eigenvalue weighted by atomic mass is 19.1. The largest absolute Gasteiger partial charge is 0.496 e. The Morgan fingerprint density at radius 2 is 1.93 bits per heavy atom. The first-order valence-electron chi connectivity index (χ1n) is 10.4. The number of halogens is 1. The van der Waals surface area contributed by atoms with E-state index >= 15 is 0 Å². The topological polar surface area (TPSA) is 49.2 Å². The first kappa shape index (κ1) is 20.5. The number of imidazole rings is 1. The van der Waals surface area contributed by atoms with Crippen molar-refractivity contribution in [3.63, 3.8) is 0 Å². The lowest BCUT2D eigenvalue weighted by molar-refractivity contribution is 0.0666. The van der Waals surface area contributed by atoms with Crippen molar-refractivity contribution in [3.05, 3.63) is 64.2 Å². The van der Waals surface area contributed by atoms with E-state index in [9.17, 15) is 4.39 Å². The smallest absolute Gasteiger partial charge is 0.140 e. The van der Waals surface area contributed by atoms with Crippen LogP contribution in [0.25, 0.3) is 11.4 Å². The average Bonchev–Trinajstić information content (AvgIpc) is 2.90. The number of hydrogen-bond acceptors (Lipinski definition) is 4. The number of alkyl halides is 1. The highest BCUT2D eigenvalue weighted by Crippen LogP contribution is 2.31. The first-order valence-corrected chi connectivity index (χ1v) is 10.4. The number of ether oxygens (including phenoxy) is 2. The molecule has 0 saturated carbocycles. The number of rotatable bonds is 5. The van der Waals surface area contributed by atoms with Crippen molar-refractivity contribution in [2.24, 2.45) is 0 Å². The van der Waals surface area contributed by atoms with E-state index in [1.54, 1.807) is 13.2 Å². The number of benzene rings is 1. The minimum Gasteiger partial charge on any atom is -0.496 e. The first-order chi connectivity index (χ1) is 14.5. The zero-order valence-corrected chi connectivity index (χ0v) is 18.0. The SMILES string of the molecule is COc1cc(-c2nc(Cc3cc(C)nc(C)c3)c3n2C[C@@H](C)OCC3)ccc1CF. The molecule has 6 heteroatoms. The van der Waals surface area contributed by atoms with Crippen LogP contribution in [0.15, 0.2) is 30.3 Å². The molecule has 0 amide bonds. The molecule has 0 bridgehead atoms. The Hall–Kier alpha value is -2.73. The van der Waals surface area contributed by atoms with Gasteiger partial charge in [-0.3, -0.25) is 4.98 Å². The fourth-order valence-corrected chi connectivity index (χ4v) is 4.25. The van der Waals surface area contributed by atoms with Gasteiger partial charge in [-0.25, -0.2) is 9.37 Å². The maximum absolute atomic E-state index is 13.3. The quantitative estimate of drug-likeness (QED) is 0.618. The van der Waals surface area contributed by atoms with E-state index in [0.717, 1.165) is 47.9 Å². The van der Waals surface area contributed by atoms with Gasteiger partial charge in [0.25, 0.3) is 0 Å². The summed E-state index contributed by atoms with van der Waals surface area (Å²) in [7, 11) is 1.57. The minimum atomic E-state index is -0.556. The van der Waals surface area contributed by atoms with Crippen LogP contribution in [-0.2, 0) is 30.8 Å². The van der Waals surface area contributed by atoms with Crippen LogP contribution < -0.4 is 4.74 Å². The van der Waals surface area contributed by atoms with Gasteiger partial charge in [0.1, 0.15) is 18.2 Å². The van der Waals surface area contributed by atoms with Crippen LogP contribution in [0.5, 0.6) is 5.75 Å². The standard InChI is InChI=1S/C24H28FN3O2/c1-15-9-18(10-16(2)26-15)11-21-22-7-8-30-17(3)14-28(22)24(27-21)19-5-6-20(13-25)23(12-19)29-4/h5-6,9-10,12,17H,7-8,11,13-14H2,1-4H3/t17-/m1/s1. The Morgan fingerprint density at radius 1 is 1.17 bits per heavy atom. The van der Waals surface area contributed by atoms with Gasteiger partial charge in [-0.05, 0) is 44.5 Å². The lowest BCUT2D eigenvalue weighted by Gasteiger charge is -2.14. The van der Waals surface area contributed by atoms with Crippen LogP contribution in [0, 0.1) is 13.8 Å². The Morgan fingerprint density at radius 3 is 2.63 bits per heavy atom. The van der Waals surface area contributed by atoms with Gasteiger partial charge in [0, 0.05) is 41.1 Å². The molecule has 0 radical (unpaired) electrons. The van der Waals surface area contributed by atoms with Crippen LogP contribution in [0.3, 0.4) is 0 Å². The van der Waals surface area contributed by atoms with Gasteiger partial charge in [-0.1, -0.05) is 12.1 Å². The van der Waals surface area contributed by atoms with Crippen LogP contribution in [0.4, 0.5) is 4.39 Å². The molecule has 3 heterocycles. The van der Waals surface area contributed by atoms with Crippen molar-refractivity contribution in [1.82, 2.24) is 14.5 Å². The van der Waals surface area contributed by atoms with E-state index in [4.69, 9.17) is 14.5 Å². The number of pyridine rings is 1. The number of fused-ring (bicyclic) bond motifs is 1. The third-order valence-electron chi connectivity index (χ3n) is 5.54. The van der Waals surface area contributed by atoms with E-state index in [2.05, 4.69) is 28.6 Å². The molecule has 1 aromatic carbocycles. The summed E-state index contributed by atoms with van der Waals surface area (Å²) in [5.74, 6) is 1.43. The summed E-state index contributed by atoms with van der Waals surface area (Å²) in [6.45, 7) is 6.98. The normalized spacial score (nSPS) is 16.2. The third kappa shape index (κ3) is 4.10. The molecule has 158 valence electrons. The lowest BCUT2D eigenvalue weighted by Crippen LogP contribution is -2.15. The Kier molecular flexibility index (Phi) is 5.86. The van der Waals surface area contributed by atoms with Crippen LogP contribution in [-0.4, -0.2) is 34.4 Å². The molecule has 5 nitrogen and oxygen atoms in total. The second-order valence-electron chi connectivity index (χ2n) is 7.97. The molecular formula is C24H28FN3O2. The van der Waals surface area contributed by atoms with Gasteiger partial charge in [0.05, 0.1) is 32.1 Å². The Balaban J connectivity index is 1.81. The number of nitrogens with zero attached hydrogens (tertiary/aromatic N) is 3. The summed E-state index contributed by atoms with van der Waals surface area (Å²) >= 11 is 0. The molecule has 0 N–H and O–H groups in total. The van der Waals surface area contributed by atoms with Crippen molar-refractivity contribution in [1.29, 1.82) is 0 Å². The van der Waals surface area contributed by atoms with Gasteiger partial charge in [-0.15, -0.1) is 0 Å². The molecule has 1 aliphatic rings. The summed E-state index contributed by atoms with van der Waals surface area (Å²) in [5.41, 5.74) is 6.96. The monoisotopic (exact) mass is 409 g/mol. The summed E-state index contributed by atoms with van der Waals surface area (Å²) in [6.07, 6.45) is 1.66. The molecular weight excluding hydrogens is 381 g/mol. The number of hydrogen-bond donors (Lipinski definition) is 0. The molecule has 3 aromatic rings. The highest BCUT2D eigenvalue weighted by Gasteiger charge is 2.23. The number of methoxy groups -OCH3 is 1. The molecule has 0 fully saturated rings. The van der Waals surface area contributed by atoms with Crippen LogP contribution in [0.1, 0.15) is 40.8 Å². The summed E-state index contributed by atoms with van der Waals surface area (Å²) in [4.78, 5) is 9.55. The van der Waals surface area contributed by atoms with E-state index in [1.165, 1.54) is 11.3 Å². The van der Waals surface area contributed by atoms with Crippen molar-refractivity contribution < 1.29 is 13.9 Å². The summed E-state index contributed by atoms with van der Waals surface area (Å²) in [5, 5.41) is 0. The molecule has 30 heavy (non-hydrogen) atoms. The van der Waals surface area contributed by atoms with Crippen molar-refractivity contribution >= 4 is 0 Å². The molecule has 4 rings (SSSR count). The van der Waals surface area contributed by atoms with E-state index in [0.29, 0.717) is 17.9 Å². The third-order valence-corrected chi connectivity index (χ3v) is 5.54. The molecule has 0 spiro atoms. The predicted molar refractivity (Wildman–Crippen MR) is 115 cm³/mol. The maximum atomic E-state index is 13.3. The second kappa shape index (κ2) is 8.56. The van der Waals surface area contributed by atoms with Gasteiger partial charge < -0.3 is 14.0 Å². The summed E-state index contributed by atoms with van der Waals surface area (Å²) < 4.78 is 26.9. The van der Waals surface area contributed by atoms with Crippen molar-refractivity contribution in [3.8, 4) is 17.1 Å². The highest BCUT2D eigenvalue weighted by molar-refractivity contribution is 5.61. The minimum absolute atomic E-state index is 0.101. The Bertz CT molecular complexity index is 1040. The van der Waals surface area contributed by atoms with Gasteiger partial charge in [0.2, 0.25) is 0 Å². The molecule has 0 saturated heterocycles. The zero-order chi connectivity index (χ0) is 21.3. The lowest BCUT2D eigenvalue weighted by atomic mass is 10.1. The van der Waals surface area contributed by atoms with Gasteiger partial charge in [0.15, 0.2) is 0 Å². The van der Waals surface area contributed by atoms with Crippen molar-refractivity contribution in [2.45, 2.75) is 52.9 Å². The Labute approximate surface area is 176 Å². The van der Waals surface area contributed by atoms with E-state index in [1.807, 2.05) is 26.0 Å². The van der Waals surface area contributed by atoms with E-state index < -0.39 is 6.67 Å². The van der Waals surface area contributed by atoms with Gasteiger partial charge in [-0.2, -0.15) is 0 Å². The maximum Gasteiger partial charge on any atom is 0.140 e. The number of aryl methyl sites for hydroxylation is 2. The van der Waals surface area contributed by atoms with Gasteiger partial charge >= 0.3 is 0 Å². The second-order valence-corrected chi connectivity index (χ2v) is 7.97. The van der Waals surface area contributed by atoms with Crippen LogP contribution >= 0.6 is 0 Å². The molecule has 1 aliphatic heterocycles. The summed E-state index contributed by atoms with van der Waals surface area (Å²) in [6, 6.07) is 9.82. The fraction of sp³-hybridized carbons (Fsp3) is 0.417. The fourth-order valence-electron chi connectivity index (χ4n) is 4.25. The molecule has 0 unspecified atom stereocenters. The van der Waals surface area contributed by atoms with Crippen molar-refractivity contribution in [2.75, 3.05) is 13.7 Å². The predicted octanol–water partition coefficient (Wildman–Crippen LogP) is 4.59. The van der Waals surface area contributed by atoms with Crippen LogP contribution in [0.2, 0.25) is 0 Å². The zero-order valence-electron chi connectivity index (χ0n) is 18.0. The number of aromatic nitrogens is 3. The molecule has 0 aliphatic carbocycles. The molecule has 2 aromatic heterocycles.